The van der Waals surface area contributed by atoms with E-state index in [1.165, 1.54) is 0 Å². The Hall–Kier alpha value is -0.280. The van der Waals surface area contributed by atoms with Gasteiger partial charge in [0.2, 0.25) is 0 Å². The van der Waals surface area contributed by atoms with Crippen molar-refractivity contribution in [2.75, 3.05) is 6.54 Å². The van der Waals surface area contributed by atoms with E-state index in [1.807, 2.05) is 18.2 Å². The molecule has 0 aliphatic rings. The highest BCUT2D eigenvalue weighted by Crippen LogP contribution is 2.29. The smallest absolute Gasteiger partial charge is 0.0476 e. The Balaban J connectivity index is 3.00. The average Bonchev–Trinajstić information content (AvgIpc) is 2.15. The van der Waals surface area contributed by atoms with Gasteiger partial charge in [-0.25, -0.2) is 0 Å². The van der Waals surface area contributed by atoms with Gasteiger partial charge in [0.05, 0.1) is 0 Å². The standard InChI is InChI=1S/C11H16Cl2N2/c1-7(2)15-10(6-14)11-8(12)4-3-5-9(11)13/h3-5,7,10,15H,6,14H2,1-2H3. The zero-order chi connectivity index (χ0) is 11.4. The van der Waals surface area contributed by atoms with Crippen LogP contribution < -0.4 is 11.1 Å². The minimum Gasteiger partial charge on any atom is -0.329 e. The first-order chi connectivity index (χ1) is 7.06. The van der Waals surface area contributed by atoms with Gasteiger partial charge in [-0.1, -0.05) is 43.1 Å². The fourth-order valence-electron chi connectivity index (χ4n) is 1.52. The van der Waals surface area contributed by atoms with Crippen molar-refractivity contribution < 1.29 is 0 Å². The van der Waals surface area contributed by atoms with Gasteiger partial charge in [0.15, 0.2) is 0 Å². The molecule has 0 radical (unpaired) electrons. The lowest BCUT2D eigenvalue weighted by Gasteiger charge is -2.22. The first kappa shape index (κ1) is 12.8. The number of rotatable bonds is 4. The fraction of sp³-hybridized carbons (Fsp3) is 0.455. The van der Waals surface area contributed by atoms with Crippen molar-refractivity contribution in [2.45, 2.75) is 25.9 Å². The third kappa shape index (κ3) is 3.35. The zero-order valence-electron chi connectivity index (χ0n) is 8.93. The molecular formula is C11H16Cl2N2. The van der Waals surface area contributed by atoms with Crippen molar-refractivity contribution in [3.8, 4) is 0 Å². The number of hydrogen-bond acceptors (Lipinski definition) is 2. The molecule has 2 nitrogen and oxygen atoms in total. The summed E-state index contributed by atoms with van der Waals surface area (Å²) in [6.07, 6.45) is 0. The number of hydrogen-bond donors (Lipinski definition) is 2. The van der Waals surface area contributed by atoms with Gasteiger partial charge in [0.25, 0.3) is 0 Å². The predicted molar refractivity (Wildman–Crippen MR) is 66.5 cm³/mol. The van der Waals surface area contributed by atoms with Crippen LogP contribution >= 0.6 is 23.2 Å². The van der Waals surface area contributed by atoms with Crippen LogP contribution in [-0.4, -0.2) is 12.6 Å². The van der Waals surface area contributed by atoms with Gasteiger partial charge < -0.3 is 11.1 Å². The molecule has 0 aliphatic carbocycles. The van der Waals surface area contributed by atoms with E-state index >= 15 is 0 Å². The molecule has 4 heteroatoms. The van der Waals surface area contributed by atoms with E-state index in [1.54, 1.807) is 0 Å². The first-order valence-corrected chi connectivity index (χ1v) is 5.72. The van der Waals surface area contributed by atoms with Crippen LogP contribution in [0.2, 0.25) is 10.0 Å². The molecule has 0 saturated carbocycles. The summed E-state index contributed by atoms with van der Waals surface area (Å²) in [6, 6.07) is 5.83. The Morgan fingerprint density at radius 3 is 2.20 bits per heavy atom. The van der Waals surface area contributed by atoms with E-state index < -0.39 is 0 Å². The summed E-state index contributed by atoms with van der Waals surface area (Å²) >= 11 is 12.2. The molecule has 0 spiro atoms. The molecule has 1 unspecified atom stereocenters. The summed E-state index contributed by atoms with van der Waals surface area (Å²) in [6.45, 7) is 4.60. The molecule has 1 rings (SSSR count). The van der Waals surface area contributed by atoms with Crippen LogP contribution in [0.5, 0.6) is 0 Å². The Labute approximate surface area is 101 Å². The maximum Gasteiger partial charge on any atom is 0.0476 e. The Morgan fingerprint density at radius 2 is 1.80 bits per heavy atom. The summed E-state index contributed by atoms with van der Waals surface area (Å²) in [7, 11) is 0. The van der Waals surface area contributed by atoms with Crippen LogP contribution in [0.25, 0.3) is 0 Å². The monoisotopic (exact) mass is 246 g/mol. The van der Waals surface area contributed by atoms with Crippen LogP contribution in [-0.2, 0) is 0 Å². The summed E-state index contributed by atoms with van der Waals surface area (Å²) < 4.78 is 0. The molecule has 1 aromatic carbocycles. The minimum absolute atomic E-state index is 0.00574. The summed E-state index contributed by atoms with van der Waals surface area (Å²) in [5.41, 5.74) is 6.60. The molecule has 0 aliphatic heterocycles. The van der Waals surface area contributed by atoms with Crippen molar-refractivity contribution in [1.29, 1.82) is 0 Å². The summed E-state index contributed by atoms with van der Waals surface area (Å²) in [4.78, 5) is 0. The van der Waals surface area contributed by atoms with Gasteiger partial charge >= 0.3 is 0 Å². The van der Waals surface area contributed by atoms with E-state index in [4.69, 9.17) is 28.9 Å². The topological polar surface area (TPSA) is 38.0 Å². The number of nitrogens with one attached hydrogen (secondary N) is 1. The molecule has 15 heavy (non-hydrogen) atoms. The van der Waals surface area contributed by atoms with Gasteiger partial charge in [-0.05, 0) is 12.1 Å². The van der Waals surface area contributed by atoms with Gasteiger partial charge in [-0.15, -0.1) is 0 Å². The maximum absolute atomic E-state index is 6.11. The average molecular weight is 247 g/mol. The van der Waals surface area contributed by atoms with E-state index in [0.29, 0.717) is 22.6 Å². The van der Waals surface area contributed by atoms with Crippen LogP contribution in [0.3, 0.4) is 0 Å². The normalized spacial score (nSPS) is 13.2. The number of benzene rings is 1. The highest BCUT2D eigenvalue weighted by Gasteiger charge is 2.16. The molecule has 1 aromatic rings. The van der Waals surface area contributed by atoms with Crippen molar-refractivity contribution in [1.82, 2.24) is 5.32 Å². The van der Waals surface area contributed by atoms with Crippen molar-refractivity contribution in [3.63, 3.8) is 0 Å². The molecule has 84 valence electrons. The Morgan fingerprint density at radius 1 is 1.27 bits per heavy atom. The molecular weight excluding hydrogens is 231 g/mol. The lowest BCUT2D eigenvalue weighted by molar-refractivity contribution is 0.484. The van der Waals surface area contributed by atoms with Crippen LogP contribution in [0.1, 0.15) is 25.5 Å². The van der Waals surface area contributed by atoms with Crippen molar-refractivity contribution in [3.05, 3.63) is 33.8 Å². The van der Waals surface area contributed by atoms with Gasteiger partial charge in [-0.3, -0.25) is 0 Å². The fourth-order valence-corrected chi connectivity index (χ4v) is 2.18. The SMILES string of the molecule is CC(C)NC(CN)c1c(Cl)cccc1Cl. The Bertz CT molecular complexity index is 306. The van der Waals surface area contributed by atoms with Crippen molar-refractivity contribution in [2.24, 2.45) is 5.73 Å². The molecule has 3 N–H and O–H groups in total. The second kappa shape index (κ2) is 5.71. The highest BCUT2D eigenvalue weighted by atomic mass is 35.5. The highest BCUT2D eigenvalue weighted by molar-refractivity contribution is 6.36. The van der Waals surface area contributed by atoms with E-state index in [-0.39, 0.29) is 6.04 Å². The zero-order valence-corrected chi connectivity index (χ0v) is 10.4. The predicted octanol–water partition coefficient (Wildman–Crippen LogP) is 2.99. The van der Waals surface area contributed by atoms with Gasteiger partial charge in [0, 0.05) is 34.2 Å². The van der Waals surface area contributed by atoms with E-state index in [0.717, 1.165) is 5.56 Å². The molecule has 0 aromatic heterocycles. The van der Waals surface area contributed by atoms with Crippen LogP contribution in [0, 0.1) is 0 Å². The third-order valence-corrected chi connectivity index (χ3v) is 2.78. The maximum atomic E-state index is 6.11. The molecule has 0 bridgehead atoms. The molecule has 1 atom stereocenters. The summed E-state index contributed by atoms with van der Waals surface area (Å²) in [5.74, 6) is 0. The van der Waals surface area contributed by atoms with Crippen LogP contribution in [0.4, 0.5) is 0 Å². The van der Waals surface area contributed by atoms with E-state index in [9.17, 15) is 0 Å². The largest absolute Gasteiger partial charge is 0.329 e. The van der Waals surface area contributed by atoms with Crippen molar-refractivity contribution >= 4 is 23.2 Å². The van der Waals surface area contributed by atoms with Crippen LogP contribution in [0.15, 0.2) is 18.2 Å². The molecule has 0 fully saturated rings. The first-order valence-electron chi connectivity index (χ1n) is 4.96. The molecule has 0 amide bonds. The second-order valence-corrected chi connectivity index (χ2v) is 4.56. The quantitative estimate of drug-likeness (QED) is 0.858. The van der Waals surface area contributed by atoms with Gasteiger partial charge in [0.1, 0.15) is 0 Å². The molecule has 0 heterocycles. The second-order valence-electron chi connectivity index (χ2n) is 3.74. The molecule has 0 saturated heterocycles. The van der Waals surface area contributed by atoms with Gasteiger partial charge in [-0.2, -0.15) is 0 Å². The summed E-state index contributed by atoms with van der Waals surface area (Å²) in [5, 5.41) is 4.65. The number of halogens is 2. The lowest BCUT2D eigenvalue weighted by atomic mass is 10.1. The third-order valence-electron chi connectivity index (χ3n) is 2.12. The minimum atomic E-state index is 0.00574. The number of nitrogens with two attached hydrogens (primary N) is 1. The lowest BCUT2D eigenvalue weighted by Crippen LogP contribution is -2.33. The Kier molecular flexibility index (Phi) is 4.87. The van der Waals surface area contributed by atoms with E-state index in [2.05, 4.69) is 19.2 Å².